The highest BCUT2D eigenvalue weighted by Crippen LogP contribution is 2.22. The number of hydrogen-bond donors (Lipinski definition) is 2. The van der Waals surface area contributed by atoms with Gasteiger partial charge in [-0.3, -0.25) is 14.3 Å². The zero-order chi connectivity index (χ0) is 21.8. The van der Waals surface area contributed by atoms with E-state index in [-0.39, 0.29) is 41.8 Å². The molecule has 2 amide bonds. The van der Waals surface area contributed by atoms with E-state index in [0.717, 1.165) is 0 Å². The number of amides is 2. The van der Waals surface area contributed by atoms with Gasteiger partial charge in [-0.25, -0.2) is 4.39 Å². The Morgan fingerprint density at radius 2 is 2.00 bits per heavy atom. The number of hydrogen-bond acceptors (Lipinski definition) is 6. The Kier molecular flexibility index (Phi) is 5.61. The number of carbonyl (C=O) groups excluding carboxylic acids is 2. The van der Waals surface area contributed by atoms with Crippen molar-refractivity contribution < 1.29 is 22.9 Å². The molecular formula is C21H18FN5O4. The zero-order valence-corrected chi connectivity index (χ0v) is 16.5. The monoisotopic (exact) mass is 423 g/mol. The molecule has 31 heavy (non-hydrogen) atoms. The number of nitrogens with zero attached hydrogens (tertiary/aromatic N) is 3. The summed E-state index contributed by atoms with van der Waals surface area (Å²) in [7, 11) is 0. The minimum absolute atomic E-state index is 0.0256. The first-order valence-electron chi connectivity index (χ1n) is 9.36. The van der Waals surface area contributed by atoms with E-state index in [1.54, 1.807) is 37.3 Å². The molecule has 0 bridgehead atoms. The van der Waals surface area contributed by atoms with E-state index in [1.807, 2.05) is 0 Å². The van der Waals surface area contributed by atoms with Gasteiger partial charge in [0.1, 0.15) is 23.8 Å². The summed E-state index contributed by atoms with van der Waals surface area (Å²) in [4.78, 5) is 24.6. The maximum atomic E-state index is 13.9. The number of aromatic nitrogens is 3. The van der Waals surface area contributed by atoms with Gasteiger partial charge in [0.2, 0.25) is 11.7 Å². The Morgan fingerprint density at radius 1 is 1.16 bits per heavy atom. The fourth-order valence-corrected chi connectivity index (χ4v) is 2.88. The van der Waals surface area contributed by atoms with E-state index < -0.39 is 11.7 Å². The molecule has 0 fully saturated rings. The Balaban J connectivity index is 1.38. The summed E-state index contributed by atoms with van der Waals surface area (Å²) in [6.45, 7) is 2.00. The highest BCUT2D eigenvalue weighted by Gasteiger charge is 2.18. The Morgan fingerprint density at radius 3 is 2.77 bits per heavy atom. The first kappa shape index (κ1) is 20.1. The normalized spacial score (nSPS) is 10.8. The molecule has 1 aromatic carbocycles. The van der Waals surface area contributed by atoms with Crippen molar-refractivity contribution in [3.8, 4) is 11.3 Å². The van der Waals surface area contributed by atoms with Gasteiger partial charge in [0, 0.05) is 23.4 Å². The molecule has 0 saturated heterocycles. The fraction of sp³-hybridized carbons (Fsp3) is 0.143. The molecule has 0 aliphatic carbocycles. The van der Waals surface area contributed by atoms with Crippen LogP contribution in [0.25, 0.3) is 11.3 Å². The fourth-order valence-electron chi connectivity index (χ4n) is 2.88. The van der Waals surface area contributed by atoms with Gasteiger partial charge < -0.3 is 19.6 Å². The topological polar surface area (TPSA) is 115 Å². The molecule has 3 heterocycles. The van der Waals surface area contributed by atoms with Gasteiger partial charge in [-0.1, -0.05) is 17.3 Å². The summed E-state index contributed by atoms with van der Waals surface area (Å²) < 4.78 is 25.5. The van der Waals surface area contributed by atoms with E-state index in [4.69, 9.17) is 8.94 Å². The number of benzene rings is 1. The van der Waals surface area contributed by atoms with Crippen molar-refractivity contribution in [3.05, 3.63) is 77.8 Å². The third-order valence-electron chi connectivity index (χ3n) is 4.44. The van der Waals surface area contributed by atoms with Gasteiger partial charge in [0.15, 0.2) is 5.82 Å². The Bertz CT molecular complexity index is 1210. The maximum absolute atomic E-state index is 13.9. The highest BCUT2D eigenvalue weighted by molar-refractivity contribution is 6.02. The SMILES string of the molecule is Cc1cc(NC(=O)c2cc(-c3ccccc3F)no2)nn1CC(=O)NCc1ccco1. The van der Waals surface area contributed by atoms with Crippen LogP contribution in [-0.2, 0) is 17.9 Å². The zero-order valence-electron chi connectivity index (χ0n) is 16.5. The minimum atomic E-state index is -0.595. The van der Waals surface area contributed by atoms with Crippen molar-refractivity contribution in [2.75, 3.05) is 5.32 Å². The summed E-state index contributed by atoms with van der Waals surface area (Å²) in [5, 5.41) is 13.3. The molecule has 0 aliphatic rings. The number of halogens is 1. The summed E-state index contributed by atoms with van der Waals surface area (Å²) in [6, 6.07) is 12.5. The molecule has 3 aromatic heterocycles. The maximum Gasteiger partial charge on any atom is 0.295 e. The average Bonchev–Trinajstić information content (AvgIpc) is 3.49. The van der Waals surface area contributed by atoms with Crippen LogP contribution >= 0.6 is 0 Å². The number of aryl methyl sites for hydroxylation is 1. The second-order valence-corrected chi connectivity index (χ2v) is 6.70. The molecule has 0 radical (unpaired) electrons. The molecule has 0 aliphatic heterocycles. The van der Waals surface area contributed by atoms with Crippen LogP contribution in [-0.4, -0.2) is 26.8 Å². The van der Waals surface area contributed by atoms with Crippen molar-refractivity contribution in [2.24, 2.45) is 0 Å². The average molecular weight is 423 g/mol. The van der Waals surface area contributed by atoms with Crippen molar-refractivity contribution in [1.82, 2.24) is 20.3 Å². The molecule has 0 atom stereocenters. The van der Waals surface area contributed by atoms with Crippen LogP contribution in [0.4, 0.5) is 10.2 Å². The smallest absolute Gasteiger partial charge is 0.295 e. The molecule has 4 aromatic rings. The lowest BCUT2D eigenvalue weighted by atomic mass is 10.1. The lowest BCUT2D eigenvalue weighted by Gasteiger charge is -2.05. The van der Waals surface area contributed by atoms with Crippen LogP contribution < -0.4 is 10.6 Å². The number of furan rings is 1. The summed E-state index contributed by atoms with van der Waals surface area (Å²) >= 11 is 0. The number of anilines is 1. The quantitative estimate of drug-likeness (QED) is 0.472. The summed E-state index contributed by atoms with van der Waals surface area (Å²) in [5.74, 6) is -0.540. The molecular weight excluding hydrogens is 405 g/mol. The van der Waals surface area contributed by atoms with Crippen LogP contribution in [0.3, 0.4) is 0 Å². The van der Waals surface area contributed by atoms with Crippen molar-refractivity contribution in [1.29, 1.82) is 0 Å². The van der Waals surface area contributed by atoms with Crippen molar-refractivity contribution in [2.45, 2.75) is 20.0 Å². The lowest BCUT2D eigenvalue weighted by Crippen LogP contribution is -2.27. The first-order chi connectivity index (χ1) is 15.0. The molecule has 158 valence electrons. The van der Waals surface area contributed by atoms with Crippen LogP contribution in [0.1, 0.15) is 22.0 Å². The molecule has 0 spiro atoms. The first-order valence-corrected chi connectivity index (χ1v) is 9.36. The second-order valence-electron chi connectivity index (χ2n) is 6.70. The summed E-state index contributed by atoms with van der Waals surface area (Å²) in [5.41, 5.74) is 1.11. The standard InChI is InChI=1S/C21H18FN5O4/c1-13-9-19(25-27(13)12-20(28)23-11-14-5-4-8-30-14)24-21(29)18-10-17(26-31-18)15-6-2-3-7-16(15)22/h2-10H,11-12H2,1H3,(H,23,28)(H,24,25,29). The minimum Gasteiger partial charge on any atom is -0.467 e. The second kappa shape index (κ2) is 8.66. The largest absolute Gasteiger partial charge is 0.467 e. The number of carbonyl (C=O) groups is 2. The van der Waals surface area contributed by atoms with Gasteiger partial charge in [-0.2, -0.15) is 5.10 Å². The van der Waals surface area contributed by atoms with Gasteiger partial charge in [-0.05, 0) is 31.2 Å². The highest BCUT2D eigenvalue weighted by atomic mass is 19.1. The van der Waals surface area contributed by atoms with Crippen LogP contribution in [0, 0.1) is 12.7 Å². The van der Waals surface area contributed by atoms with E-state index >= 15 is 0 Å². The number of nitrogens with one attached hydrogen (secondary N) is 2. The lowest BCUT2D eigenvalue weighted by molar-refractivity contribution is -0.122. The van der Waals surface area contributed by atoms with E-state index in [2.05, 4.69) is 20.9 Å². The van der Waals surface area contributed by atoms with E-state index in [9.17, 15) is 14.0 Å². The molecule has 2 N–H and O–H groups in total. The molecule has 4 rings (SSSR count). The molecule has 0 saturated carbocycles. The van der Waals surface area contributed by atoms with Crippen molar-refractivity contribution in [3.63, 3.8) is 0 Å². The third-order valence-corrected chi connectivity index (χ3v) is 4.44. The predicted molar refractivity (Wildman–Crippen MR) is 107 cm³/mol. The Labute approximate surface area is 175 Å². The number of rotatable bonds is 7. The molecule has 9 nitrogen and oxygen atoms in total. The molecule has 10 heteroatoms. The van der Waals surface area contributed by atoms with Gasteiger partial charge in [0.05, 0.1) is 12.8 Å². The molecule has 0 unspecified atom stereocenters. The van der Waals surface area contributed by atoms with E-state index in [1.165, 1.54) is 29.1 Å². The van der Waals surface area contributed by atoms with Crippen molar-refractivity contribution >= 4 is 17.6 Å². The van der Waals surface area contributed by atoms with Gasteiger partial charge >= 0.3 is 0 Å². The van der Waals surface area contributed by atoms with Crippen LogP contribution in [0.15, 0.2) is 63.7 Å². The van der Waals surface area contributed by atoms with E-state index in [0.29, 0.717) is 11.5 Å². The predicted octanol–water partition coefficient (Wildman–Crippen LogP) is 3.15. The third kappa shape index (κ3) is 4.69. The van der Waals surface area contributed by atoms with Gasteiger partial charge in [0.25, 0.3) is 5.91 Å². The van der Waals surface area contributed by atoms with Gasteiger partial charge in [-0.15, -0.1) is 0 Å². The summed E-state index contributed by atoms with van der Waals surface area (Å²) in [6.07, 6.45) is 1.53. The Hall–Kier alpha value is -4.21. The van der Waals surface area contributed by atoms with Crippen LogP contribution in [0.5, 0.6) is 0 Å². The van der Waals surface area contributed by atoms with Crippen LogP contribution in [0.2, 0.25) is 0 Å².